The van der Waals surface area contributed by atoms with Gasteiger partial charge in [-0.05, 0) is 26.2 Å². The minimum absolute atomic E-state index is 0.0781. The largest absolute Gasteiger partial charge is 0.395 e. The monoisotopic (exact) mass is 286 g/mol. The Labute approximate surface area is 124 Å². The second-order valence-electron chi connectivity index (χ2n) is 5.63. The zero-order valence-electron chi connectivity index (χ0n) is 13.8. The number of carbonyl (C=O) groups excluding carboxylic acids is 1. The van der Waals surface area contributed by atoms with Crippen molar-refractivity contribution in [2.45, 2.75) is 78.3 Å². The molecule has 2 N–H and O–H groups in total. The molecule has 0 spiro atoms. The van der Waals surface area contributed by atoms with E-state index in [9.17, 15) is 4.79 Å². The summed E-state index contributed by atoms with van der Waals surface area (Å²) in [6.07, 6.45) is 6.67. The van der Waals surface area contributed by atoms with Gasteiger partial charge in [0.1, 0.15) is 0 Å². The van der Waals surface area contributed by atoms with E-state index < -0.39 is 0 Å². The van der Waals surface area contributed by atoms with Gasteiger partial charge in [0.15, 0.2) is 0 Å². The van der Waals surface area contributed by atoms with Crippen LogP contribution in [0.15, 0.2) is 0 Å². The third-order valence-corrected chi connectivity index (χ3v) is 3.84. The van der Waals surface area contributed by atoms with Gasteiger partial charge in [-0.1, -0.05) is 40.0 Å². The van der Waals surface area contributed by atoms with Gasteiger partial charge in [-0.3, -0.25) is 9.69 Å². The number of nitrogens with one attached hydrogen (secondary N) is 1. The molecule has 0 saturated heterocycles. The minimum atomic E-state index is 0.0781. The first-order chi connectivity index (χ1) is 9.58. The predicted octanol–water partition coefficient (Wildman–Crippen LogP) is 2.55. The topological polar surface area (TPSA) is 52.6 Å². The molecule has 0 bridgehead atoms. The van der Waals surface area contributed by atoms with Crippen molar-refractivity contribution in [3.05, 3.63) is 0 Å². The molecule has 1 atom stereocenters. The zero-order chi connectivity index (χ0) is 15.4. The van der Waals surface area contributed by atoms with Crippen LogP contribution in [0.1, 0.15) is 66.2 Å². The number of nitrogens with zero attached hydrogens (tertiary/aromatic N) is 1. The highest BCUT2D eigenvalue weighted by Crippen LogP contribution is 2.08. The zero-order valence-corrected chi connectivity index (χ0v) is 13.8. The Bertz CT molecular complexity index is 243. The Morgan fingerprint density at radius 2 is 1.85 bits per heavy atom. The first-order valence-electron chi connectivity index (χ1n) is 8.23. The molecule has 0 aromatic heterocycles. The molecule has 0 radical (unpaired) electrons. The third-order valence-electron chi connectivity index (χ3n) is 3.84. The molecule has 0 rings (SSSR count). The molecule has 0 fully saturated rings. The van der Waals surface area contributed by atoms with Gasteiger partial charge in [0.2, 0.25) is 5.91 Å². The van der Waals surface area contributed by atoms with Gasteiger partial charge in [-0.15, -0.1) is 0 Å². The van der Waals surface area contributed by atoms with Crippen LogP contribution in [0, 0.1) is 0 Å². The number of amides is 1. The first-order valence-corrected chi connectivity index (χ1v) is 8.23. The van der Waals surface area contributed by atoms with Gasteiger partial charge >= 0.3 is 0 Å². The SMILES string of the molecule is CCCCCC(C)NC(=O)CN(CCO)C(CC)CC. The maximum absolute atomic E-state index is 12.1. The van der Waals surface area contributed by atoms with E-state index in [0.29, 0.717) is 19.1 Å². The van der Waals surface area contributed by atoms with Crippen molar-refractivity contribution >= 4 is 5.91 Å². The minimum Gasteiger partial charge on any atom is -0.395 e. The Hall–Kier alpha value is -0.610. The molecule has 1 amide bonds. The van der Waals surface area contributed by atoms with Crippen molar-refractivity contribution in [1.29, 1.82) is 0 Å². The second kappa shape index (κ2) is 12.2. The summed E-state index contributed by atoms with van der Waals surface area (Å²) in [5.74, 6) is 0.0781. The van der Waals surface area contributed by atoms with Crippen molar-refractivity contribution in [2.75, 3.05) is 19.7 Å². The number of carbonyl (C=O) groups is 1. The molecule has 0 heterocycles. The van der Waals surface area contributed by atoms with Crippen LogP contribution in [0.4, 0.5) is 0 Å². The van der Waals surface area contributed by atoms with Crippen LogP contribution in [0.25, 0.3) is 0 Å². The standard InChI is InChI=1S/C16H34N2O2/c1-5-8-9-10-14(4)17-16(20)13-18(11-12-19)15(6-2)7-3/h14-15,19H,5-13H2,1-4H3,(H,17,20). The number of aliphatic hydroxyl groups is 1. The Balaban J connectivity index is 4.17. The van der Waals surface area contributed by atoms with Crippen LogP contribution in [-0.2, 0) is 4.79 Å². The van der Waals surface area contributed by atoms with Crippen LogP contribution in [0.5, 0.6) is 0 Å². The molecule has 0 aromatic rings. The fourth-order valence-corrected chi connectivity index (χ4v) is 2.60. The van der Waals surface area contributed by atoms with Crippen LogP contribution in [0.3, 0.4) is 0 Å². The number of rotatable bonds is 12. The lowest BCUT2D eigenvalue weighted by atomic mass is 10.1. The van der Waals surface area contributed by atoms with Crippen molar-refractivity contribution in [3.8, 4) is 0 Å². The fraction of sp³-hybridized carbons (Fsp3) is 0.938. The van der Waals surface area contributed by atoms with Crippen LogP contribution < -0.4 is 5.32 Å². The maximum atomic E-state index is 12.1. The molecular formula is C16H34N2O2. The van der Waals surface area contributed by atoms with Crippen LogP contribution in [0.2, 0.25) is 0 Å². The Morgan fingerprint density at radius 3 is 2.35 bits per heavy atom. The maximum Gasteiger partial charge on any atom is 0.234 e. The number of aliphatic hydroxyl groups excluding tert-OH is 1. The van der Waals surface area contributed by atoms with E-state index in [4.69, 9.17) is 5.11 Å². The van der Waals surface area contributed by atoms with E-state index in [1.54, 1.807) is 0 Å². The van der Waals surface area contributed by atoms with Crippen molar-refractivity contribution < 1.29 is 9.90 Å². The summed E-state index contributed by atoms with van der Waals surface area (Å²) in [4.78, 5) is 14.2. The number of hydrogen-bond acceptors (Lipinski definition) is 3. The van der Waals surface area contributed by atoms with Crippen LogP contribution >= 0.6 is 0 Å². The van der Waals surface area contributed by atoms with Gasteiger partial charge in [0.05, 0.1) is 13.2 Å². The average Bonchev–Trinajstić information content (AvgIpc) is 2.40. The highest BCUT2D eigenvalue weighted by atomic mass is 16.3. The molecule has 0 aliphatic rings. The summed E-state index contributed by atoms with van der Waals surface area (Å²) in [6, 6.07) is 0.620. The van der Waals surface area contributed by atoms with Crippen molar-refractivity contribution in [1.82, 2.24) is 10.2 Å². The lowest BCUT2D eigenvalue weighted by Gasteiger charge is -2.29. The average molecular weight is 286 g/mol. The van der Waals surface area contributed by atoms with Gasteiger partial charge in [0, 0.05) is 18.6 Å². The summed E-state index contributed by atoms with van der Waals surface area (Å²) in [7, 11) is 0. The molecule has 1 unspecified atom stereocenters. The van der Waals surface area contributed by atoms with Gasteiger partial charge < -0.3 is 10.4 Å². The fourth-order valence-electron chi connectivity index (χ4n) is 2.60. The van der Waals surface area contributed by atoms with Crippen LogP contribution in [-0.4, -0.2) is 47.7 Å². The molecule has 0 saturated carbocycles. The van der Waals surface area contributed by atoms with Gasteiger partial charge in [0.25, 0.3) is 0 Å². The van der Waals surface area contributed by atoms with Crippen molar-refractivity contribution in [2.24, 2.45) is 0 Å². The third kappa shape index (κ3) is 8.54. The summed E-state index contributed by atoms with van der Waals surface area (Å²) < 4.78 is 0. The highest BCUT2D eigenvalue weighted by molar-refractivity contribution is 5.78. The molecule has 120 valence electrons. The smallest absolute Gasteiger partial charge is 0.234 e. The lowest BCUT2D eigenvalue weighted by Crippen LogP contribution is -2.45. The molecular weight excluding hydrogens is 252 g/mol. The van der Waals surface area contributed by atoms with Gasteiger partial charge in [-0.25, -0.2) is 0 Å². The summed E-state index contributed by atoms with van der Waals surface area (Å²) in [5, 5.41) is 12.2. The van der Waals surface area contributed by atoms with E-state index in [-0.39, 0.29) is 18.6 Å². The van der Waals surface area contributed by atoms with E-state index in [0.717, 1.165) is 19.3 Å². The molecule has 0 aliphatic heterocycles. The van der Waals surface area contributed by atoms with E-state index in [2.05, 4.69) is 37.9 Å². The second-order valence-corrected chi connectivity index (χ2v) is 5.63. The first kappa shape index (κ1) is 19.4. The Kier molecular flexibility index (Phi) is 11.8. The summed E-state index contributed by atoms with van der Waals surface area (Å²) in [5.41, 5.74) is 0. The van der Waals surface area contributed by atoms with E-state index in [1.165, 1.54) is 19.3 Å². The quantitative estimate of drug-likeness (QED) is 0.542. The number of unbranched alkanes of at least 4 members (excludes halogenated alkanes) is 2. The molecule has 0 aromatic carbocycles. The molecule has 0 aliphatic carbocycles. The molecule has 4 nitrogen and oxygen atoms in total. The van der Waals surface area contributed by atoms with Crippen molar-refractivity contribution in [3.63, 3.8) is 0 Å². The molecule has 20 heavy (non-hydrogen) atoms. The van der Waals surface area contributed by atoms with Gasteiger partial charge in [-0.2, -0.15) is 0 Å². The summed E-state index contributed by atoms with van der Waals surface area (Å²) in [6.45, 7) is 9.59. The number of hydrogen-bond donors (Lipinski definition) is 2. The molecule has 4 heteroatoms. The normalized spacial score (nSPS) is 12.9. The lowest BCUT2D eigenvalue weighted by molar-refractivity contribution is -0.123. The Morgan fingerprint density at radius 1 is 1.20 bits per heavy atom. The predicted molar refractivity (Wildman–Crippen MR) is 84.8 cm³/mol. The van der Waals surface area contributed by atoms with E-state index >= 15 is 0 Å². The highest BCUT2D eigenvalue weighted by Gasteiger charge is 2.18. The van der Waals surface area contributed by atoms with E-state index in [1.807, 2.05) is 0 Å². The summed E-state index contributed by atoms with van der Waals surface area (Å²) >= 11 is 0.